The average molecular weight is 311 g/mol. The highest BCUT2D eigenvalue weighted by Gasteiger charge is 2.01. The number of hydrogen-bond acceptors (Lipinski definition) is 5. The fourth-order valence-corrected chi connectivity index (χ4v) is 2.11. The molecule has 4 nitrogen and oxygen atoms in total. The number of nitrogens with zero attached hydrogens (tertiary/aromatic N) is 2. The van der Waals surface area contributed by atoms with E-state index in [2.05, 4.69) is 31.2 Å². The summed E-state index contributed by atoms with van der Waals surface area (Å²) < 4.78 is 0.660. The molecule has 0 spiro atoms. The molecule has 0 fully saturated rings. The van der Waals surface area contributed by atoms with Crippen LogP contribution in [0.2, 0.25) is 0 Å². The molecule has 0 amide bonds. The normalized spacial score (nSPS) is 10.2. The van der Waals surface area contributed by atoms with Crippen LogP contribution in [0.5, 0.6) is 0 Å². The second-order valence-corrected chi connectivity index (χ2v) is 4.98. The number of halogens is 1. The van der Waals surface area contributed by atoms with Crippen molar-refractivity contribution in [2.75, 3.05) is 17.3 Å². The summed E-state index contributed by atoms with van der Waals surface area (Å²) in [6.45, 7) is 0. The number of aromatic nitrogens is 2. The quantitative estimate of drug-likeness (QED) is 0.673. The van der Waals surface area contributed by atoms with E-state index in [0.29, 0.717) is 16.4 Å². The van der Waals surface area contributed by atoms with E-state index in [-0.39, 0.29) is 0 Å². The van der Waals surface area contributed by atoms with Crippen molar-refractivity contribution in [2.24, 2.45) is 0 Å². The Morgan fingerprint density at radius 3 is 2.53 bits per heavy atom. The van der Waals surface area contributed by atoms with Crippen molar-refractivity contribution < 1.29 is 0 Å². The summed E-state index contributed by atoms with van der Waals surface area (Å²) in [4.78, 5) is 9.49. The molecule has 6 heteroatoms. The standard InChI is InChI=1S/C11H11BrN4S/c1-17-8-4-2-7(3-5-8)14-11-15-9(12)6-10(13)16-11/h2-6H,1H3,(H3,13,14,15,16). The van der Waals surface area contributed by atoms with Gasteiger partial charge in [0.1, 0.15) is 10.4 Å². The highest BCUT2D eigenvalue weighted by Crippen LogP contribution is 2.20. The Kier molecular flexibility index (Phi) is 3.86. The molecule has 0 unspecified atom stereocenters. The Bertz CT molecular complexity index is 495. The highest BCUT2D eigenvalue weighted by atomic mass is 79.9. The van der Waals surface area contributed by atoms with Gasteiger partial charge in [0.05, 0.1) is 0 Å². The monoisotopic (exact) mass is 310 g/mol. The first kappa shape index (κ1) is 12.2. The maximum Gasteiger partial charge on any atom is 0.230 e. The minimum Gasteiger partial charge on any atom is -0.383 e. The van der Waals surface area contributed by atoms with Crippen LogP contribution in [0, 0.1) is 0 Å². The minimum atomic E-state index is 0.426. The molecule has 0 saturated carbocycles. The SMILES string of the molecule is CSc1ccc(Nc2nc(N)cc(Br)n2)cc1. The second-order valence-electron chi connectivity index (χ2n) is 3.29. The molecule has 2 aromatic rings. The van der Waals surface area contributed by atoms with E-state index in [1.807, 2.05) is 30.5 Å². The summed E-state index contributed by atoms with van der Waals surface area (Å²) in [5.74, 6) is 0.906. The van der Waals surface area contributed by atoms with Gasteiger partial charge in [0.15, 0.2) is 0 Å². The Morgan fingerprint density at radius 1 is 1.24 bits per heavy atom. The molecule has 0 saturated heterocycles. The van der Waals surface area contributed by atoms with Gasteiger partial charge >= 0.3 is 0 Å². The minimum absolute atomic E-state index is 0.426. The van der Waals surface area contributed by atoms with Crippen LogP contribution in [0.1, 0.15) is 0 Å². The third-order valence-electron chi connectivity index (χ3n) is 2.06. The van der Waals surface area contributed by atoms with Crippen LogP contribution in [-0.2, 0) is 0 Å². The molecule has 2 rings (SSSR count). The summed E-state index contributed by atoms with van der Waals surface area (Å²) in [5, 5.41) is 3.10. The lowest BCUT2D eigenvalue weighted by atomic mass is 10.3. The van der Waals surface area contributed by atoms with Crippen molar-refractivity contribution >= 4 is 45.1 Å². The van der Waals surface area contributed by atoms with Gasteiger partial charge < -0.3 is 11.1 Å². The number of benzene rings is 1. The predicted molar refractivity (Wildman–Crippen MR) is 75.7 cm³/mol. The molecule has 0 aliphatic heterocycles. The summed E-state index contributed by atoms with van der Waals surface area (Å²) in [7, 11) is 0. The molecule has 0 atom stereocenters. The Hall–Kier alpha value is -1.27. The fourth-order valence-electron chi connectivity index (χ4n) is 1.29. The van der Waals surface area contributed by atoms with Crippen molar-refractivity contribution in [3.8, 4) is 0 Å². The van der Waals surface area contributed by atoms with Gasteiger partial charge in [-0.3, -0.25) is 0 Å². The molecule has 0 aliphatic carbocycles. The smallest absolute Gasteiger partial charge is 0.230 e. The number of nitrogens with one attached hydrogen (secondary N) is 1. The van der Waals surface area contributed by atoms with E-state index in [1.54, 1.807) is 17.8 Å². The summed E-state index contributed by atoms with van der Waals surface area (Å²) in [5.41, 5.74) is 6.57. The molecule has 1 heterocycles. The first-order valence-electron chi connectivity index (χ1n) is 4.88. The molecular formula is C11H11BrN4S. The van der Waals surface area contributed by atoms with Gasteiger partial charge in [0, 0.05) is 16.6 Å². The summed E-state index contributed by atoms with van der Waals surface area (Å²) in [6, 6.07) is 9.68. The largest absolute Gasteiger partial charge is 0.383 e. The van der Waals surface area contributed by atoms with Gasteiger partial charge in [0.25, 0.3) is 0 Å². The molecule has 1 aromatic heterocycles. The van der Waals surface area contributed by atoms with Crippen molar-refractivity contribution in [1.82, 2.24) is 9.97 Å². The molecule has 88 valence electrons. The van der Waals surface area contributed by atoms with E-state index in [9.17, 15) is 0 Å². The number of thioether (sulfide) groups is 1. The third kappa shape index (κ3) is 3.34. The maximum absolute atomic E-state index is 5.63. The molecular weight excluding hydrogens is 300 g/mol. The van der Waals surface area contributed by atoms with Crippen molar-refractivity contribution in [3.05, 3.63) is 34.9 Å². The van der Waals surface area contributed by atoms with Gasteiger partial charge in [-0.15, -0.1) is 11.8 Å². The molecule has 3 N–H and O–H groups in total. The fraction of sp³-hybridized carbons (Fsp3) is 0.0909. The van der Waals surface area contributed by atoms with Crippen LogP contribution >= 0.6 is 27.7 Å². The van der Waals surface area contributed by atoms with Crippen LogP contribution in [0.25, 0.3) is 0 Å². The van der Waals surface area contributed by atoms with E-state index in [1.165, 1.54) is 4.90 Å². The Morgan fingerprint density at radius 2 is 1.94 bits per heavy atom. The van der Waals surface area contributed by atoms with Crippen LogP contribution in [0.4, 0.5) is 17.5 Å². The first-order valence-corrected chi connectivity index (χ1v) is 6.90. The van der Waals surface area contributed by atoms with Gasteiger partial charge in [0.2, 0.25) is 5.95 Å². The topological polar surface area (TPSA) is 63.8 Å². The third-order valence-corrected chi connectivity index (χ3v) is 3.21. The second kappa shape index (κ2) is 5.37. The van der Waals surface area contributed by atoms with E-state index in [4.69, 9.17) is 5.73 Å². The van der Waals surface area contributed by atoms with E-state index >= 15 is 0 Å². The van der Waals surface area contributed by atoms with Crippen LogP contribution < -0.4 is 11.1 Å². The molecule has 0 bridgehead atoms. The number of hydrogen-bond donors (Lipinski definition) is 2. The van der Waals surface area contributed by atoms with Crippen LogP contribution in [0.3, 0.4) is 0 Å². The Balaban J connectivity index is 2.19. The molecule has 17 heavy (non-hydrogen) atoms. The van der Waals surface area contributed by atoms with Gasteiger partial charge in [-0.25, -0.2) is 4.98 Å². The van der Waals surface area contributed by atoms with Gasteiger partial charge in [-0.1, -0.05) is 0 Å². The first-order chi connectivity index (χ1) is 8.17. The highest BCUT2D eigenvalue weighted by molar-refractivity contribution is 9.10. The van der Waals surface area contributed by atoms with Gasteiger partial charge in [-0.05, 0) is 46.5 Å². The van der Waals surface area contributed by atoms with E-state index in [0.717, 1.165) is 5.69 Å². The van der Waals surface area contributed by atoms with E-state index < -0.39 is 0 Å². The van der Waals surface area contributed by atoms with Crippen LogP contribution in [0.15, 0.2) is 39.8 Å². The van der Waals surface area contributed by atoms with Crippen molar-refractivity contribution in [2.45, 2.75) is 4.90 Å². The lowest BCUT2D eigenvalue weighted by molar-refractivity contribution is 1.15. The zero-order valence-electron chi connectivity index (χ0n) is 9.14. The molecule has 1 aromatic carbocycles. The van der Waals surface area contributed by atoms with Crippen LogP contribution in [-0.4, -0.2) is 16.2 Å². The number of rotatable bonds is 3. The zero-order valence-corrected chi connectivity index (χ0v) is 11.5. The molecule has 0 aliphatic rings. The van der Waals surface area contributed by atoms with Crippen molar-refractivity contribution in [3.63, 3.8) is 0 Å². The molecule has 0 radical (unpaired) electrons. The number of nitrogen functional groups attached to an aromatic ring is 1. The summed E-state index contributed by atoms with van der Waals surface area (Å²) in [6.07, 6.45) is 2.04. The lowest BCUT2D eigenvalue weighted by Gasteiger charge is -2.06. The zero-order chi connectivity index (χ0) is 12.3. The Labute approximate surface area is 112 Å². The summed E-state index contributed by atoms with van der Waals surface area (Å²) >= 11 is 4.98. The average Bonchev–Trinajstić information content (AvgIpc) is 2.28. The van der Waals surface area contributed by atoms with Gasteiger partial charge in [-0.2, -0.15) is 4.98 Å². The maximum atomic E-state index is 5.63. The number of anilines is 3. The predicted octanol–water partition coefficient (Wildman–Crippen LogP) is 3.29. The lowest BCUT2D eigenvalue weighted by Crippen LogP contribution is -2.00. The number of nitrogens with two attached hydrogens (primary N) is 1. The van der Waals surface area contributed by atoms with Crippen molar-refractivity contribution in [1.29, 1.82) is 0 Å².